The molecule has 1 N–H and O–H groups in total. The molecule has 2 heterocycles. The van der Waals surface area contributed by atoms with Crippen molar-refractivity contribution in [1.29, 1.82) is 0 Å². The fraction of sp³-hybridized carbons (Fsp3) is 0.400. The van der Waals surface area contributed by atoms with Gasteiger partial charge in [-0.15, -0.1) is 10.2 Å². The molecule has 1 aromatic carbocycles. The van der Waals surface area contributed by atoms with Crippen LogP contribution in [0.25, 0.3) is 10.9 Å². The van der Waals surface area contributed by atoms with E-state index < -0.39 is 0 Å². The second-order valence-corrected chi connectivity index (χ2v) is 4.99. The highest BCUT2D eigenvalue weighted by Gasteiger charge is 2.16. The Morgan fingerprint density at radius 3 is 3.14 bits per heavy atom. The van der Waals surface area contributed by atoms with Gasteiger partial charge < -0.3 is 14.8 Å². The number of anilines is 1. The maximum absolute atomic E-state index is 11.8. The highest BCUT2D eigenvalue weighted by Crippen LogP contribution is 2.14. The summed E-state index contributed by atoms with van der Waals surface area (Å²) in [5, 5.41) is 11.6. The van der Waals surface area contributed by atoms with Crippen molar-refractivity contribution < 1.29 is 14.3 Å². The number of aromatic nitrogens is 2. The summed E-state index contributed by atoms with van der Waals surface area (Å²) in [7, 11) is 0. The third kappa shape index (κ3) is 3.74. The Bertz CT molecular complexity index is 626. The Balaban J connectivity index is 1.50. The smallest absolute Gasteiger partial charge is 0.251 e. The largest absolute Gasteiger partial charge is 0.376 e. The minimum atomic E-state index is -0.238. The van der Waals surface area contributed by atoms with Crippen LogP contribution in [0.2, 0.25) is 0 Å². The molecule has 0 spiro atoms. The van der Waals surface area contributed by atoms with Crippen LogP contribution in [0.1, 0.15) is 12.8 Å². The number of hydrogen-bond donors (Lipinski definition) is 1. The Kier molecular flexibility index (Phi) is 4.37. The zero-order valence-electron chi connectivity index (χ0n) is 11.6. The molecule has 3 rings (SSSR count). The lowest BCUT2D eigenvalue weighted by Crippen LogP contribution is -2.23. The molecule has 1 amide bonds. The van der Waals surface area contributed by atoms with Crippen molar-refractivity contribution in [1.82, 2.24) is 10.2 Å². The zero-order chi connectivity index (χ0) is 14.5. The van der Waals surface area contributed by atoms with Gasteiger partial charge in [-0.05, 0) is 25.0 Å². The first-order valence-electron chi connectivity index (χ1n) is 7.03. The quantitative estimate of drug-likeness (QED) is 0.907. The molecule has 1 atom stereocenters. The van der Waals surface area contributed by atoms with Gasteiger partial charge in [0.1, 0.15) is 6.61 Å². The first kappa shape index (κ1) is 13.9. The molecule has 6 heteroatoms. The summed E-state index contributed by atoms with van der Waals surface area (Å²) in [5.74, 6) is 0.192. The lowest BCUT2D eigenvalue weighted by molar-refractivity contribution is -0.121. The number of nitrogens with one attached hydrogen (secondary N) is 1. The van der Waals surface area contributed by atoms with Gasteiger partial charge in [0.05, 0.1) is 18.2 Å². The highest BCUT2D eigenvalue weighted by molar-refractivity contribution is 5.92. The summed E-state index contributed by atoms with van der Waals surface area (Å²) in [4.78, 5) is 11.8. The molecule has 1 unspecified atom stereocenters. The zero-order valence-corrected chi connectivity index (χ0v) is 11.6. The molecule has 6 nitrogen and oxygen atoms in total. The molecule has 1 fully saturated rings. The lowest BCUT2D eigenvalue weighted by atomic mass is 10.2. The summed E-state index contributed by atoms with van der Waals surface area (Å²) < 4.78 is 10.8. The molecule has 21 heavy (non-hydrogen) atoms. The number of benzene rings is 1. The van der Waals surface area contributed by atoms with Crippen molar-refractivity contribution in [3.05, 3.63) is 30.3 Å². The number of carbonyl (C=O) groups is 1. The topological polar surface area (TPSA) is 73.3 Å². The molecule has 0 bridgehead atoms. The standard InChI is InChI=1S/C15H17N3O3/c19-15(10-20-9-12-5-3-7-21-12)16-14-8-11-4-1-2-6-13(11)17-18-14/h1-2,4,6,8,12H,3,5,7,9-10H2,(H,16,18,19). The average molecular weight is 287 g/mol. The predicted molar refractivity (Wildman–Crippen MR) is 78.0 cm³/mol. The molecule has 0 radical (unpaired) electrons. The SMILES string of the molecule is O=C(COCC1CCCO1)Nc1cc2ccccc2nn1. The average Bonchev–Trinajstić information content (AvgIpc) is 3.00. The maximum atomic E-state index is 11.8. The molecular formula is C15H17N3O3. The van der Waals surface area contributed by atoms with Gasteiger partial charge in [0.2, 0.25) is 0 Å². The second kappa shape index (κ2) is 6.60. The van der Waals surface area contributed by atoms with Crippen LogP contribution in [0.5, 0.6) is 0 Å². The van der Waals surface area contributed by atoms with Gasteiger partial charge in [-0.25, -0.2) is 0 Å². The normalized spacial score (nSPS) is 18.0. The predicted octanol–water partition coefficient (Wildman–Crippen LogP) is 1.76. The van der Waals surface area contributed by atoms with Gasteiger partial charge in [-0.2, -0.15) is 0 Å². The van der Waals surface area contributed by atoms with Crippen molar-refractivity contribution in [2.45, 2.75) is 18.9 Å². The molecular weight excluding hydrogens is 270 g/mol. The van der Waals surface area contributed by atoms with Gasteiger partial charge in [-0.3, -0.25) is 4.79 Å². The van der Waals surface area contributed by atoms with E-state index in [1.54, 1.807) is 6.07 Å². The van der Waals surface area contributed by atoms with Gasteiger partial charge in [0.15, 0.2) is 5.82 Å². The Morgan fingerprint density at radius 2 is 2.29 bits per heavy atom. The summed E-state index contributed by atoms with van der Waals surface area (Å²) in [6.07, 6.45) is 2.18. The Labute approximate surface area is 122 Å². The van der Waals surface area contributed by atoms with E-state index in [2.05, 4.69) is 15.5 Å². The molecule has 110 valence electrons. The third-order valence-corrected chi connectivity index (χ3v) is 3.32. The summed E-state index contributed by atoms with van der Waals surface area (Å²) in [5.41, 5.74) is 0.796. The number of nitrogens with zero attached hydrogens (tertiary/aromatic N) is 2. The van der Waals surface area contributed by atoms with Crippen molar-refractivity contribution >= 4 is 22.6 Å². The van der Waals surface area contributed by atoms with Crippen LogP contribution >= 0.6 is 0 Å². The van der Waals surface area contributed by atoms with Crippen molar-refractivity contribution in [3.63, 3.8) is 0 Å². The van der Waals surface area contributed by atoms with Crippen LogP contribution in [-0.4, -0.2) is 42.0 Å². The number of rotatable bonds is 5. The van der Waals surface area contributed by atoms with Gasteiger partial charge in [0, 0.05) is 12.0 Å². The molecule has 1 saturated heterocycles. The van der Waals surface area contributed by atoms with E-state index in [4.69, 9.17) is 9.47 Å². The van der Waals surface area contributed by atoms with Crippen LogP contribution < -0.4 is 5.32 Å². The molecule has 0 aliphatic carbocycles. The molecule has 1 aliphatic heterocycles. The minimum absolute atomic E-state index is 0.00559. The van der Waals surface area contributed by atoms with Crippen molar-refractivity contribution in [2.75, 3.05) is 25.1 Å². The van der Waals surface area contributed by atoms with E-state index in [-0.39, 0.29) is 18.6 Å². The number of hydrogen-bond acceptors (Lipinski definition) is 5. The second-order valence-electron chi connectivity index (χ2n) is 4.99. The van der Waals surface area contributed by atoms with E-state index in [0.29, 0.717) is 12.4 Å². The van der Waals surface area contributed by atoms with E-state index in [1.807, 2.05) is 24.3 Å². The number of fused-ring (bicyclic) bond motifs is 1. The maximum Gasteiger partial charge on any atom is 0.251 e. The first-order chi connectivity index (χ1) is 10.3. The first-order valence-corrected chi connectivity index (χ1v) is 7.03. The monoisotopic (exact) mass is 287 g/mol. The summed E-state index contributed by atoms with van der Waals surface area (Å²) in [6, 6.07) is 9.40. The van der Waals surface area contributed by atoms with Crippen LogP contribution in [0, 0.1) is 0 Å². The third-order valence-electron chi connectivity index (χ3n) is 3.32. The van der Waals surface area contributed by atoms with E-state index in [9.17, 15) is 4.79 Å². The summed E-state index contributed by atoms with van der Waals surface area (Å²) >= 11 is 0. The van der Waals surface area contributed by atoms with Gasteiger partial charge >= 0.3 is 0 Å². The summed E-state index contributed by atoms with van der Waals surface area (Å²) in [6.45, 7) is 1.23. The van der Waals surface area contributed by atoms with Crippen LogP contribution in [0.4, 0.5) is 5.82 Å². The number of ether oxygens (including phenoxy) is 2. The van der Waals surface area contributed by atoms with Crippen molar-refractivity contribution in [2.24, 2.45) is 0 Å². The van der Waals surface area contributed by atoms with E-state index >= 15 is 0 Å². The Morgan fingerprint density at radius 1 is 1.38 bits per heavy atom. The van der Waals surface area contributed by atoms with Crippen molar-refractivity contribution in [3.8, 4) is 0 Å². The fourth-order valence-electron chi connectivity index (χ4n) is 2.28. The molecule has 0 saturated carbocycles. The highest BCUT2D eigenvalue weighted by atomic mass is 16.5. The van der Waals surface area contributed by atoms with Crippen LogP contribution in [-0.2, 0) is 14.3 Å². The van der Waals surface area contributed by atoms with E-state index in [0.717, 1.165) is 30.4 Å². The lowest BCUT2D eigenvalue weighted by Gasteiger charge is -2.10. The number of amides is 1. The van der Waals surface area contributed by atoms with Gasteiger partial charge in [-0.1, -0.05) is 18.2 Å². The minimum Gasteiger partial charge on any atom is -0.376 e. The fourth-order valence-corrected chi connectivity index (χ4v) is 2.28. The Hall–Kier alpha value is -2.05. The van der Waals surface area contributed by atoms with E-state index in [1.165, 1.54) is 0 Å². The molecule has 1 aromatic heterocycles. The molecule has 1 aliphatic rings. The van der Waals surface area contributed by atoms with Crippen LogP contribution in [0.15, 0.2) is 30.3 Å². The van der Waals surface area contributed by atoms with Gasteiger partial charge in [0.25, 0.3) is 5.91 Å². The number of carbonyl (C=O) groups excluding carboxylic acids is 1. The molecule has 2 aromatic rings. The van der Waals surface area contributed by atoms with Crippen LogP contribution in [0.3, 0.4) is 0 Å².